The predicted molar refractivity (Wildman–Crippen MR) is 101 cm³/mol. The van der Waals surface area contributed by atoms with Gasteiger partial charge in [-0.25, -0.2) is 8.78 Å². The zero-order valence-electron chi connectivity index (χ0n) is 16.3. The van der Waals surface area contributed by atoms with Crippen LogP contribution in [0.5, 0.6) is 0 Å². The van der Waals surface area contributed by atoms with Crippen molar-refractivity contribution in [2.45, 2.75) is 44.9 Å². The molecule has 146 valence electrons. The molecule has 1 aromatic heterocycles. The van der Waals surface area contributed by atoms with Gasteiger partial charge in [-0.15, -0.1) is 5.10 Å². The molecule has 2 aliphatic carbocycles. The lowest BCUT2D eigenvalue weighted by molar-refractivity contribution is -0.147. The minimum atomic E-state index is -0.688. The molecule has 2 bridgehead atoms. The summed E-state index contributed by atoms with van der Waals surface area (Å²) in [7, 11) is 0. The first kappa shape index (κ1) is 17.7. The van der Waals surface area contributed by atoms with Crippen molar-refractivity contribution in [2.24, 2.45) is 11.3 Å². The number of halogens is 2. The summed E-state index contributed by atoms with van der Waals surface area (Å²) in [5.41, 5.74) is 0.677. The number of hydrogen-bond donors (Lipinski definition) is 0. The summed E-state index contributed by atoms with van der Waals surface area (Å²) < 4.78 is 28.5. The Balaban J connectivity index is 1.64. The maximum atomic E-state index is 14.3. The van der Waals surface area contributed by atoms with Crippen LogP contribution < -0.4 is 0 Å². The number of nitrogens with zero attached hydrogens (tertiary/aromatic N) is 3. The molecule has 1 saturated carbocycles. The smallest absolute Gasteiger partial charge is 0.235 e. The molecular weight excluding hydrogens is 360 g/mol. The topological polar surface area (TPSA) is 46.1 Å². The number of rotatable bonds is 2. The van der Waals surface area contributed by atoms with Crippen LogP contribution in [0.15, 0.2) is 24.3 Å². The second-order valence-corrected chi connectivity index (χ2v) is 9.16. The maximum absolute atomic E-state index is 14.3. The Bertz CT molecular complexity index is 979. The summed E-state index contributed by atoms with van der Waals surface area (Å²) in [6.07, 6.45) is 1.63. The van der Waals surface area contributed by atoms with E-state index in [9.17, 15) is 13.6 Å². The van der Waals surface area contributed by atoms with Gasteiger partial charge in [0, 0.05) is 13.1 Å². The molecule has 5 rings (SSSR count). The number of hydrogen-bond acceptors (Lipinski definition) is 3. The Labute approximate surface area is 163 Å². The van der Waals surface area contributed by atoms with E-state index in [4.69, 9.17) is 0 Å². The van der Waals surface area contributed by atoms with Crippen molar-refractivity contribution < 1.29 is 13.6 Å². The van der Waals surface area contributed by atoms with Crippen molar-refractivity contribution in [2.75, 3.05) is 13.1 Å². The number of likely N-dealkylation sites (tertiary alicyclic amines) is 1. The highest BCUT2D eigenvalue weighted by Crippen LogP contribution is 2.68. The number of benzene rings is 1. The Kier molecular flexibility index (Phi) is 3.53. The molecule has 2 atom stereocenters. The van der Waals surface area contributed by atoms with Gasteiger partial charge in [0.05, 0.1) is 22.4 Å². The molecule has 6 heteroatoms. The molecule has 1 aromatic carbocycles. The molecule has 4 nitrogen and oxygen atoms in total. The zero-order chi connectivity index (χ0) is 19.8. The summed E-state index contributed by atoms with van der Waals surface area (Å²) in [4.78, 5) is 15.5. The molecule has 1 saturated heterocycles. The monoisotopic (exact) mass is 383 g/mol. The molecule has 28 heavy (non-hydrogen) atoms. The Morgan fingerprint density at radius 1 is 1.18 bits per heavy atom. The number of carbonyl (C=O) groups is 1. The van der Waals surface area contributed by atoms with Gasteiger partial charge in [-0.1, -0.05) is 26.8 Å². The SMILES string of the molecule is CC1CN(C(=O)[C@]23CC[C@H](c4cc(-c5c(F)cccc5F)nnc42)C3(C)C)C1. The van der Waals surface area contributed by atoms with Gasteiger partial charge in [0.2, 0.25) is 5.91 Å². The Morgan fingerprint density at radius 2 is 1.86 bits per heavy atom. The van der Waals surface area contributed by atoms with Crippen LogP contribution in [0.1, 0.15) is 50.8 Å². The van der Waals surface area contributed by atoms with Crippen molar-refractivity contribution in [1.82, 2.24) is 15.1 Å². The van der Waals surface area contributed by atoms with E-state index in [2.05, 4.69) is 31.0 Å². The number of carbonyl (C=O) groups excluding carboxylic acids is 1. The summed E-state index contributed by atoms with van der Waals surface area (Å²) in [6, 6.07) is 5.53. The Hall–Kier alpha value is -2.37. The molecule has 2 heterocycles. The van der Waals surface area contributed by atoms with Gasteiger partial charge in [0.15, 0.2) is 0 Å². The third kappa shape index (κ3) is 2.01. The summed E-state index contributed by atoms with van der Waals surface area (Å²) in [5.74, 6) is -0.515. The molecular formula is C22H23F2N3O. The minimum Gasteiger partial charge on any atom is -0.341 e. The Morgan fingerprint density at radius 3 is 2.50 bits per heavy atom. The normalized spacial score (nSPS) is 27.6. The van der Waals surface area contributed by atoms with Gasteiger partial charge in [0.1, 0.15) is 11.6 Å². The van der Waals surface area contributed by atoms with Crippen LogP contribution >= 0.6 is 0 Å². The average Bonchev–Trinajstić information content (AvgIpc) is 3.00. The molecule has 2 fully saturated rings. The second-order valence-electron chi connectivity index (χ2n) is 9.16. The zero-order valence-corrected chi connectivity index (χ0v) is 16.3. The van der Waals surface area contributed by atoms with Crippen LogP contribution in [-0.4, -0.2) is 34.1 Å². The fourth-order valence-electron chi connectivity index (χ4n) is 5.80. The molecule has 0 N–H and O–H groups in total. The molecule has 0 spiro atoms. The summed E-state index contributed by atoms with van der Waals surface area (Å²) in [6.45, 7) is 7.94. The fourth-order valence-corrected chi connectivity index (χ4v) is 5.80. The fraction of sp³-hybridized carbons (Fsp3) is 0.500. The molecule has 0 radical (unpaired) electrons. The van der Waals surface area contributed by atoms with Gasteiger partial charge in [0.25, 0.3) is 0 Å². The summed E-state index contributed by atoms with van der Waals surface area (Å²) in [5, 5.41) is 8.59. The van der Waals surface area contributed by atoms with Crippen LogP contribution in [-0.2, 0) is 10.2 Å². The molecule has 1 aliphatic heterocycles. The highest BCUT2D eigenvalue weighted by atomic mass is 19.1. The van der Waals surface area contributed by atoms with E-state index >= 15 is 0 Å². The lowest BCUT2D eigenvalue weighted by Crippen LogP contribution is -2.58. The molecule has 1 amide bonds. The quantitative estimate of drug-likeness (QED) is 0.786. The average molecular weight is 383 g/mol. The first-order chi connectivity index (χ1) is 13.3. The van der Waals surface area contributed by atoms with Crippen LogP contribution in [0.25, 0.3) is 11.3 Å². The van der Waals surface area contributed by atoms with E-state index in [-0.39, 0.29) is 28.5 Å². The minimum absolute atomic E-state index is 0.134. The van der Waals surface area contributed by atoms with E-state index in [0.29, 0.717) is 11.6 Å². The van der Waals surface area contributed by atoms with Crippen molar-refractivity contribution in [3.8, 4) is 11.3 Å². The van der Waals surface area contributed by atoms with Crippen LogP contribution in [0.2, 0.25) is 0 Å². The maximum Gasteiger partial charge on any atom is 0.235 e. The first-order valence-corrected chi connectivity index (χ1v) is 9.89. The largest absolute Gasteiger partial charge is 0.341 e. The van der Waals surface area contributed by atoms with Crippen molar-refractivity contribution in [3.63, 3.8) is 0 Å². The van der Waals surface area contributed by atoms with Crippen molar-refractivity contribution in [3.05, 3.63) is 47.2 Å². The second kappa shape index (κ2) is 5.58. The van der Waals surface area contributed by atoms with Crippen LogP contribution in [0, 0.1) is 23.0 Å². The first-order valence-electron chi connectivity index (χ1n) is 9.89. The highest BCUT2D eigenvalue weighted by molar-refractivity contribution is 5.92. The standard InChI is InChI=1S/C22H23F2N3O/c1-12-10-27(11-12)20(28)22-8-7-14(21(22,2)3)13-9-17(25-26-19(13)22)18-15(23)5-4-6-16(18)24/h4-6,9,12,14H,7-8,10-11H2,1-3H3/t14-,22+/m1/s1. The van der Waals surface area contributed by atoms with E-state index < -0.39 is 17.0 Å². The van der Waals surface area contributed by atoms with Gasteiger partial charge >= 0.3 is 0 Å². The lowest BCUT2D eigenvalue weighted by atomic mass is 9.67. The summed E-state index contributed by atoms with van der Waals surface area (Å²) >= 11 is 0. The van der Waals surface area contributed by atoms with Crippen LogP contribution in [0.4, 0.5) is 8.78 Å². The third-order valence-electron chi connectivity index (χ3n) is 7.32. The van der Waals surface area contributed by atoms with E-state index in [1.54, 1.807) is 6.07 Å². The third-order valence-corrected chi connectivity index (χ3v) is 7.32. The van der Waals surface area contributed by atoms with Crippen molar-refractivity contribution >= 4 is 5.91 Å². The highest BCUT2D eigenvalue weighted by Gasteiger charge is 2.68. The predicted octanol–water partition coefficient (Wildman–Crippen LogP) is 4.06. The van der Waals surface area contributed by atoms with Crippen LogP contribution in [0.3, 0.4) is 0 Å². The number of aromatic nitrogens is 2. The van der Waals surface area contributed by atoms with E-state index in [1.807, 2.05) is 4.90 Å². The van der Waals surface area contributed by atoms with Crippen molar-refractivity contribution in [1.29, 1.82) is 0 Å². The van der Waals surface area contributed by atoms with Gasteiger partial charge < -0.3 is 4.90 Å². The van der Waals surface area contributed by atoms with Gasteiger partial charge in [-0.3, -0.25) is 4.79 Å². The van der Waals surface area contributed by atoms with E-state index in [0.717, 1.165) is 31.5 Å². The number of amides is 1. The molecule has 3 aliphatic rings. The van der Waals surface area contributed by atoms with Gasteiger partial charge in [-0.2, -0.15) is 5.10 Å². The molecule has 2 aromatic rings. The van der Waals surface area contributed by atoms with E-state index in [1.165, 1.54) is 18.2 Å². The van der Waals surface area contributed by atoms with Gasteiger partial charge in [-0.05, 0) is 53.9 Å². The number of fused-ring (bicyclic) bond motifs is 5. The lowest BCUT2D eigenvalue weighted by Gasteiger charge is -2.45. The molecule has 0 unspecified atom stereocenters.